The van der Waals surface area contributed by atoms with E-state index >= 15 is 0 Å². The number of halogens is 2. The highest BCUT2D eigenvalue weighted by molar-refractivity contribution is 14.1. The molecule has 9 heteroatoms. The fourth-order valence-corrected chi connectivity index (χ4v) is 5.01. The van der Waals surface area contributed by atoms with Gasteiger partial charge in [-0.05, 0) is 106 Å². The van der Waals surface area contributed by atoms with Gasteiger partial charge in [-0.1, -0.05) is 17.7 Å². The van der Waals surface area contributed by atoms with Gasteiger partial charge in [-0.3, -0.25) is 18.8 Å². The molecule has 39 heavy (non-hydrogen) atoms. The van der Waals surface area contributed by atoms with Gasteiger partial charge in [0.05, 0.1) is 28.8 Å². The number of benzene rings is 1. The smallest absolute Gasteiger partial charge is 0.138 e. The minimum Gasteiger partial charge on any atom is -0.398 e. The van der Waals surface area contributed by atoms with E-state index in [0.29, 0.717) is 10.7 Å². The van der Waals surface area contributed by atoms with E-state index in [4.69, 9.17) is 17.3 Å². The lowest BCUT2D eigenvalue weighted by Gasteiger charge is -2.06. The minimum atomic E-state index is 0.547. The van der Waals surface area contributed by atoms with Crippen molar-refractivity contribution in [3.8, 4) is 33.5 Å². The topological polar surface area (TPSA) is 86.4 Å². The van der Waals surface area contributed by atoms with Crippen LogP contribution >= 0.6 is 34.2 Å². The summed E-state index contributed by atoms with van der Waals surface area (Å²) in [6.45, 7) is 0. The van der Waals surface area contributed by atoms with Crippen LogP contribution in [0.3, 0.4) is 0 Å². The number of pyridine rings is 4. The Morgan fingerprint density at radius 2 is 1.18 bits per heavy atom. The SMILES string of the molecule is Ic1cnc2cc(-c3ccncc3)ccn12.Nc1ccc(-c2cnc3cc(-c4ccncc4)ccn23)cc1Cl. The third-order valence-corrected chi connectivity index (χ3v) is 7.43. The normalized spacial score (nSPS) is 10.9. The highest BCUT2D eigenvalue weighted by atomic mass is 127. The van der Waals surface area contributed by atoms with Crippen molar-refractivity contribution in [3.05, 3.63) is 125 Å². The number of fused-ring (bicyclic) bond motifs is 2. The number of aromatic nitrogens is 6. The second-order valence-corrected chi connectivity index (χ2v) is 10.2. The Balaban J connectivity index is 0.000000151. The monoisotopic (exact) mass is 641 g/mol. The summed E-state index contributed by atoms with van der Waals surface area (Å²) in [5, 5.41) is 0.547. The van der Waals surface area contributed by atoms with Gasteiger partial charge in [0.2, 0.25) is 0 Å². The summed E-state index contributed by atoms with van der Waals surface area (Å²) in [6.07, 6.45) is 14.9. The fourth-order valence-electron chi connectivity index (χ4n) is 4.28. The van der Waals surface area contributed by atoms with E-state index in [9.17, 15) is 0 Å². The summed E-state index contributed by atoms with van der Waals surface area (Å²) in [5.74, 6) is 0. The van der Waals surface area contributed by atoms with E-state index in [1.807, 2.05) is 71.7 Å². The van der Waals surface area contributed by atoms with Crippen LogP contribution in [0.15, 0.2) is 116 Å². The molecule has 0 atom stereocenters. The van der Waals surface area contributed by atoms with Crippen LogP contribution in [0.4, 0.5) is 5.69 Å². The van der Waals surface area contributed by atoms with Crippen LogP contribution < -0.4 is 5.73 Å². The largest absolute Gasteiger partial charge is 0.398 e. The molecule has 0 aliphatic carbocycles. The van der Waals surface area contributed by atoms with Crippen molar-refractivity contribution >= 4 is 51.2 Å². The molecule has 0 radical (unpaired) electrons. The standard InChI is InChI=1S/C18H13ClN4.C12H8IN3/c19-15-9-14(1-2-16(15)20)17-11-22-18-10-13(5-8-23(17)18)12-3-6-21-7-4-12;13-11-8-15-12-7-10(3-6-16(11)12)9-1-4-14-5-2-9/h1-11H,20H2;1-8H. The van der Waals surface area contributed by atoms with E-state index in [1.165, 1.54) is 0 Å². The highest BCUT2D eigenvalue weighted by Gasteiger charge is 2.09. The molecule has 7 nitrogen and oxygen atoms in total. The molecule has 7 aromatic rings. The third kappa shape index (κ3) is 5.21. The average Bonchev–Trinajstić information content (AvgIpc) is 3.58. The molecule has 7 rings (SSSR count). The number of imidazole rings is 2. The van der Waals surface area contributed by atoms with Gasteiger partial charge in [0.15, 0.2) is 0 Å². The molecule has 190 valence electrons. The minimum absolute atomic E-state index is 0.547. The molecular formula is C30H21ClIN7. The molecule has 0 bridgehead atoms. The molecule has 0 aliphatic heterocycles. The van der Waals surface area contributed by atoms with Crippen molar-refractivity contribution in [2.45, 2.75) is 0 Å². The van der Waals surface area contributed by atoms with Gasteiger partial charge >= 0.3 is 0 Å². The van der Waals surface area contributed by atoms with Crippen molar-refractivity contribution in [2.24, 2.45) is 0 Å². The lowest BCUT2D eigenvalue weighted by molar-refractivity contribution is 1.15. The maximum Gasteiger partial charge on any atom is 0.138 e. The molecule has 6 heterocycles. The maximum absolute atomic E-state index is 6.13. The molecule has 2 N–H and O–H groups in total. The Morgan fingerprint density at radius 3 is 1.79 bits per heavy atom. The molecule has 0 saturated heterocycles. The maximum atomic E-state index is 6.13. The summed E-state index contributed by atoms with van der Waals surface area (Å²) in [7, 11) is 0. The van der Waals surface area contributed by atoms with Crippen molar-refractivity contribution in [1.82, 2.24) is 28.7 Å². The third-order valence-electron chi connectivity index (χ3n) is 6.30. The van der Waals surface area contributed by atoms with Gasteiger partial charge in [0, 0.05) is 42.7 Å². The number of anilines is 1. The van der Waals surface area contributed by atoms with Gasteiger partial charge in [-0.2, -0.15) is 0 Å². The number of hydrogen-bond acceptors (Lipinski definition) is 5. The molecule has 0 spiro atoms. The van der Waals surface area contributed by atoms with Crippen LogP contribution in [-0.2, 0) is 0 Å². The zero-order chi connectivity index (χ0) is 26.8. The van der Waals surface area contributed by atoms with Crippen molar-refractivity contribution in [2.75, 3.05) is 5.73 Å². The Labute approximate surface area is 243 Å². The molecular weight excluding hydrogens is 621 g/mol. The van der Waals surface area contributed by atoms with E-state index < -0.39 is 0 Å². The number of nitrogens with two attached hydrogens (primary N) is 1. The van der Waals surface area contributed by atoms with Gasteiger partial charge in [0.25, 0.3) is 0 Å². The summed E-state index contributed by atoms with van der Waals surface area (Å²) in [6, 6.07) is 21.9. The van der Waals surface area contributed by atoms with E-state index in [-0.39, 0.29) is 0 Å². The van der Waals surface area contributed by atoms with Gasteiger partial charge < -0.3 is 5.73 Å². The van der Waals surface area contributed by atoms with Crippen LogP contribution in [0.25, 0.3) is 44.8 Å². The van der Waals surface area contributed by atoms with Gasteiger partial charge in [-0.25, -0.2) is 9.97 Å². The lowest BCUT2D eigenvalue weighted by atomic mass is 10.1. The van der Waals surface area contributed by atoms with E-state index in [0.717, 1.165) is 48.5 Å². The first kappa shape index (κ1) is 25.0. The predicted molar refractivity (Wildman–Crippen MR) is 164 cm³/mol. The second-order valence-electron chi connectivity index (χ2n) is 8.72. The number of nitrogen functional groups attached to an aromatic ring is 1. The Bertz CT molecular complexity index is 1900. The quantitative estimate of drug-likeness (QED) is 0.162. The first-order valence-corrected chi connectivity index (χ1v) is 13.5. The Kier molecular flexibility index (Phi) is 6.95. The zero-order valence-electron chi connectivity index (χ0n) is 20.5. The van der Waals surface area contributed by atoms with Crippen molar-refractivity contribution < 1.29 is 0 Å². The van der Waals surface area contributed by atoms with Gasteiger partial charge in [-0.15, -0.1) is 0 Å². The molecule has 0 fully saturated rings. The number of rotatable bonds is 3. The van der Waals surface area contributed by atoms with E-state index in [2.05, 4.69) is 71.2 Å². The number of hydrogen-bond donors (Lipinski definition) is 1. The first-order valence-electron chi connectivity index (χ1n) is 12.0. The average molecular weight is 642 g/mol. The van der Waals surface area contributed by atoms with Crippen molar-refractivity contribution in [3.63, 3.8) is 0 Å². The number of nitrogens with zero attached hydrogens (tertiary/aromatic N) is 6. The molecule has 6 aromatic heterocycles. The zero-order valence-corrected chi connectivity index (χ0v) is 23.4. The molecule has 0 aliphatic rings. The van der Waals surface area contributed by atoms with Crippen LogP contribution in [0, 0.1) is 3.70 Å². The first-order chi connectivity index (χ1) is 19.1. The van der Waals surface area contributed by atoms with Crippen LogP contribution in [0.1, 0.15) is 0 Å². The highest BCUT2D eigenvalue weighted by Crippen LogP contribution is 2.29. The second kappa shape index (κ2) is 10.8. The Hall–Kier alpha value is -4.28. The fraction of sp³-hybridized carbons (Fsp3) is 0. The summed E-state index contributed by atoms with van der Waals surface area (Å²) < 4.78 is 5.21. The van der Waals surface area contributed by atoms with Crippen LogP contribution in [0.5, 0.6) is 0 Å². The molecule has 0 saturated carbocycles. The summed E-state index contributed by atoms with van der Waals surface area (Å²) in [4.78, 5) is 16.9. The van der Waals surface area contributed by atoms with Gasteiger partial charge in [0.1, 0.15) is 15.0 Å². The summed E-state index contributed by atoms with van der Waals surface area (Å²) >= 11 is 8.40. The van der Waals surface area contributed by atoms with Crippen molar-refractivity contribution in [1.29, 1.82) is 0 Å². The Morgan fingerprint density at radius 1 is 0.615 bits per heavy atom. The molecule has 1 aromatic carbocycles. The van der Waals surface area contributed by atoms with Crippen LogP contribution in [0.2, 0.25) is 5.02 Å². The molecule has 0 amide bonds. The van der Waals surface area contributed by atoms with Crippen LogP contribution in [-0.4, -0.2) is 28.7 Å². The predicted octanol–water partition coefficient (Wildman–Crippen LogP) is 7.30. The summed E-state index contributed by atoms with van der Waals surface area (Å²) in [5.41, 5.74) is 14.7. The van der Waals surface area contributed by atoms with E-state index in [1.54, 1.807) is 24.8 Å². The molecule has 0 unspecified atom stereocenters. The lowest BCUT2D eigenvalue weighted by Crippen LogP contribution is -1.91.